The van der Waals surface area contributed by atoms with Crippen molar-refractivity contribution in [3.05, 3.63) is 85.1 Å². The lowest BCUT2D eigenvalue weighted by molar-refractivity contribution is -0.166. The predicted octanol–water partition coefficient (Wildman–Crippen LogP) is 22.3. The van der Waals surface area contributed by atoms with Gasteiger partial charge in [-0.1, -0.05) is 305 Å². The van der Waals surface area contributed by atoms with E-state index in [2.05, 4.69) is 99.8 Å². The summed E-state index contributed by atoms with van der Waals surface area (Å²) in [5, 5.41) is 0. The molecule has 0 aliphatic heterocycles. The maximum Gasteiger partial charge on any atom is 0.306 e. The lowest BCUT2D eigenvalue weighted by Gasteiger charge is -2.18. The first-order valence-corrected chi connectivity index (χ1v) is 32.6. The molecule has 0 aromatic carbocycles. The van der Waals surface area contributed by atoms with Gasteiger partial charge in [-0.2, -0.15) is 0 Å². The molecule has 0 aromatic rings. The normalized spacial score (nSPS) is 12.6. The minimum atomic E-state index is -0.820. The van der Waals surface area contributed by atoms with Crippen molar-refractivity contribution >= 4 is 17.9 Å². The number of esters is 3. The summed E-state index contributed by atoms with van der Waals surface area (Å²) >= 11 is 0. The molecule has 438 valence electrons. The molecule has 0 aromatic heterocycles. The van der Waals surface area contributed by atoms with Crippen molar-refractivity contribution in [2.75, 3.05) is 13.2 Å². The van der Waals surface area contributed by atoms with E-state index in [1.54, 1.807) is 0 Å². The minimum Gasteiger partial charge on any atom is -0.462 e. The van der Waals surface area contributed by atoms with Crippen molar-refractivity contribution in [3.8, 4) is 0 Å². The van der Waals surface area contributed by atoms with Gasteiger partial charge in [0.25, 0.3) is 0 Å². The highest BCUT2D eigenvalue weighted by Gasteiger charge is 2.19. The van der Waals surface area contributed by atoms with Crippen molar-refractivity contribution < 1.29 is 28.6 Å². The second-order valence-corrected chi connectivity index (χ2v) is 21.6. The molecule has 0 saturated carbocycles. The summed E-state index contributed by atoms with van der Waals surface area (Å²) in [5.41, 5.74) is 0. The Morgan fingerprint density at radius 1 is 0.276 bits per heavy atom. The summed E-state index contributed by atoms with van der Waals surface area (Å²) in [7, 11) is 0. The fraction of sp³-hybridized carbons (Fsp3) is 0.757. The summed E-state index contributed by atoms with van der Waals surface area (Å²) in [6.07, 6.45) is 84.7. The first kappa shape index (κ1) is 72.6. The Bertz CT molecular complexity index is 1450. The maximum absolute atomic E-state index is 12.9. The average Bonchev–Trinajstić information content (AvgIpc) is 3.42. The van der Waals surface area contributed by atoms with E-state index in [0.717, 1.165) is 89.9 Å². The Morgan fingerprint density at radius 2 is 0.539 bits per heavy atom. The van der Waals surface area contributed by atoms with Crippen LogP contribution >= 0.6 is 0 Å². The second kappa shape index (κ2) is 64.1. The van der Waals surface area contributed by atoms with Crippen LogP contribution in [0.4, 0.5) is 0 Å². The van der Waals surface area contributed by atoms with Gasteiger partial charge < -0.3 is 14.2 Å². The van der Waals surface area contributed by atoms with Crippen LogP contribution < -0.4 is 0 Å². The van der Waals surface area contributed by atoms with Crippen LogP contribution in [-0.2, 0) is 28.6 Å². The van der Waals surface area contributed by atoms with Gasteiger partial charge in [0.1, 0.15) is 13.2 Å². The third-order valence-electron chi connectivity index (χ3n) is 14.1. The number of ether oxygens (including phenoxy) is 3. The van der Waals surface area contributed by atoms with E-state index in [9.17, 15) is 14.4 Å². The summed E-state index contributed by atoms with van der Waals surface area (Å²) in [6.45, 7) is 6.49. The smallest absolute Gasteiger partial charge is 0.306 e. The molecule has 1 unspecified atom stereocenters. The van der Waals surface area contributed by atoms with Crippen LogP contribution in [0.1, 0.15) is 323 Å². The largest absolute Gasteiger partial charge is 0.462 e. The van der Waals surface area contributed by atoms with E-state index in [1.165, 1.54) is 186 Å². The van der Waals surface area contributed by atoms with Crippen LogP contribution in [0.3, 0.4) is 0 Å². The number of rotatable bonds is 59. The molecule has 0 aliphatic rings. The van der Waals surface area contributed by atoms with Crippen LogP contribution in [-0.4, -0.2) is 37.2 Å². The Kier molecular flexibility index (Phi) is 61.2. The van der Waals surface area contributed by atoms with Gasteiger partial charge in [-0.15, -0.1) is 0 Å². The van der Waals surface area contributed by atoms with E-state index in [4.69, 9.17) is 14.2 Å². The van der Waals surface area contributed by atoms with Crippen LogP contribution in [0.2, 0.25) is 0 Å². The van der Waals surface area contributed by atoms with Crippen molar-refractivity contribution in [2.45, 2.75) is 329 Å². The van der Waals surface area contributed by atoms with Gasteiger partial charge in [-0.05, 0) is 83.5 Å². The lowest BCUT2D eigenvalue weighted by atomic mass is 10.0. The number of allylic oxidation sites excluding steroid dienone is 14. The van der Waals surface area contributed by atoms with Gasteiger partial charge in [0.05, 0.1) is 0 Å². The fourth-order valence-corrected chi connectivity index (χ4v) is 9.29. The number of hydrogen-bond donors (Lipinski definition) is 0. The van der Waals surface area contributed by atoms with Gasteiger partial charge in [0.15, 0.2) is 6.10 Å². The molecule has 0 aliphatic carbocycles. The molecule has 0 bridgehead atoms. The Morgan fingerprint density at radius 3 is 0.855 bits per heavy atom. The van der Waals surface area contributed by atoms with E-state index in [-0.39, 0.29) is 31.6 Å². The number of hydrogen-bond acceptors (Lipinski definition) is 6. The average molecular weight is 1060 g/mol. The third-order valence-corrected chi connectivity index (χ3v) is 14.1. The van der Waals surface area contributed by atoms with Crippen molar-refractivity contribution in [1.29, 1.82) is 0 Å². The van der Waals surface area contributed by atoms with Gasteiger partial charge >= 0.3 is 17.9 Å². The standard InChI is InChI=1S/C70H122O6/c1-4-7-10-13-16-19-22-25-28-30-32-33-34-35-36-37-39-40-42-45-48-51-54-57-60-63-69(72)75-66-67(65-74-68(71)62-59-56-53-50-47-44-27-24-21-18-15-12-9-6-3)76-70(73)64-61-58-55-52-49-46-43-41-38-31-29-26-23-20-17-14-11-8-5-2/h8,11,17,20,24,26-27,29,38,41,46,49,55,58,67H,4-7,9-10,12-16,18-19,21-23,25,28,30-37,39-40,42-45,47-48,50-54,56-57,59-66H2,1-3H3/b11-8-,20-17-,27-24-,29-26-,41-38-,49-46-,58-55-. The van der Waals surface area contributed by atoms with Crippen molar-refractivity contribution in [2.24, 2.45) is 0 Å². The Balaban J connectivity index is 4.37. The van der Waals surface area contributed by atoms with Crippen molar-refractivity contribution in [1.82, 2.24) is 0 Å². The van der Waals surface area contributed by atoms with Crippen LogP contribution in [0.25, 0.3) is 0 Å². The first-order valence-electron chi connectivity index (χ1n) is 32.6. The molecule has 76 heavy (non-hydrogen) atoms. The second-order valence-electron chi connectivity index (χ2n) is 21.6. The first-order chi connectivity index (χ1) is 37.5. The molecule has 0 heterocycles. The van der Waals surface area contributed by atoms with Crippen LogP contribution in [0, 0.1) is 0 Å². The Hall–Kier alpha value is -3.41. The van der Waals surface area contributed by atoms with Gasteiger partial charge in [-0.3, -0.25) is 14.4 Å². The summed E-state index contributed by atoms with van der Waals surface area (Å²) in [6, 6.07) is 0. The highest BCUT2D eigenvalue weighted by atomic mass is 16.6. The summed E-state index contributed by atoms with van der Waals surface area (Å²) in [5.74, 6) is -0.987. The zero-order valence-electron chi connectivity index (χ0n) is 50.3. The molecule has 0 rings (SSSR count). The molecular weight excluding hydrogens is 937 g/mol. The van der Waals surface area contributed by atoms with E-state index < -0.39 is 12.1 Å². The van der Waals surface area contributed by atoms with Crippen molar-refractivity contribution in [3.63, 3.8) is 0 Å². The molecular formula is C70H122O6. The van der Waals surface area contributed by atoms with Gasteiger partial charge in [0, 0.05) is 19.3 Å². The quantitative estimate of drug-likeness (QED) is 0.0261. The van der Waals surface area contributed by atoms with E-state index in [0.29, 0.717) is 19.3 Å². The fourth-order valence-electron chi connectivity index (χ4n) is 9.29. The molecule has 0 N–H and O–H groups in total. The number of carbonyl (C=O) groups is 3. The monoisotopic (exact) mass is 1060 g/mol. The lowest BCUT2D eigenvalue weighted by Crippen LogP contribution is -2.30. The Labute approximate surface area is 471 Å². The number of carbonyl (C=O) groups excluding carboxylic acids is 3. The summed E-state index contributed by atoms with van der Waals surface area (Å²) in [4.78, 5) is 38.3. The van der Waals surface area contributed by atoms with E-state index in [1.807, 2.05) is 6.08 Å². The van der Waals surface area contributed by atoms with Crippen LogP contribution in [0.5, 0.6) is 0 Å². The maximum atomic E-state index is 12.9. The summed E-state index contributed by atoms with van der Waals surface area (Å²) < 4.78 is 16.8. The molecule has 0 saturated heterocycles. The minimum absolute atomic E-state index is 0.107. The topological polar surface area (TPSA) is 78.9 Å². The predicted molar refractivity (Wildman–Crippen MR) is 330 cm³/mol. The SMILES string of the molecule is CC/C=C\C/C=C\C/C=C\C/C=C\C/C=C\C/C=C\CCC(=O)OC(COC(=O)CCCCCCC/C=C\CCCCCCC)COC(=O)CCCCCCCCCCCCCCCCCCCCCCCCCCC. The molecule has 0 spiro atoms. The third kappa shape index (κ3) is 61.4. The van der Waals surface area contributed by atoms with Gasteiger partial charge in [0.2, 0.25) is 0 Å². The highest BCUT2D eigenvalue weighted by molar-refractivity contribution is 5.71. The molecule has 0 fully saturated rings. The molecule has 6 heteroatoms. The molecule has 1 atom stereocenters. The molecule has 0 radical (unpaired) electrons. The highest BCUT2D eigenvalue weighted by Crippen LogP contribution is 2.17. The zero-order chi connectivity index (χ0) is 55.0. The van der Waals surface area contributed by atoms with Crippen LogP contribution in [0.15, 0.2) is 85.1 Å². The molecule has 0 amide bonds. The molecule has 6 nitrogen and oxygen atoms in total. The van der Waals surface area contributed by atoms with E-state index >= 15 is 0 Å². The van der Waals surface area contributed by atoms with Gasteiger partial charge in [-0.25, -0.2) is 0 Å². The zero-order valence-corrected chi connectivity index (χ0v) is 50.3. The number of unbranched alkanes of at least 4 members (excludes halogenated alkanes) is 34.